The molecule has 0 fully saturated rings. The van der Waals surface area contributed by atoms with Crippen LogP contribution < -0.4 is 0 Å². The van der Waals surface area contributed by atoms with E-state index in [1.54, 1.807) is 26.1 Å². The Bertz CT molecular complexity index is 721. The summed E-state index contributed by atoms with van der Waals surface area (Å²) in [5, 5.41) is 8.52. The monoisotopic (exact) mass is 361 g/mol. The third kappa shape index (κ3) is 5.32. The van der Waals surface area contributed by atoms with Crippen LogP contribution in [0.1, 0.15) is 17.7 Å². The molecule has 0 spiro atoms. The number of benzene rings is 2. The van der Waals surface area contributed by atoms with Gasteiger partial charge in [0.15, 0.2) is 0 Å². The Morgan fingerprint density at radius 2 is 1.72 bits per heavy atom. The van der Waals surface area contributed by atoms with Crippen LogP contribution in [0.2, 0.25) is 0 Å². The number of carbonyl (C=O) groups is 2. The fourth-order valence-electron chi connectivity index (χ4n) is 2.32. The average Bonchev–Trinajstić information content (AvgIpc) is 2.61. The molecule has 2 rings (SSSR count). The van der Waals surface area contributed by atoms with Crippen molar-refractivity contribution in [1.29, 1.82) is 0 Å². The Kier molecular flexibility index (Phi) is 6.58. The van der Waals surface area contributed by atoms with Crippen LogP contribution in [0.15, 0.2) is 59.5 Å². The molecule has 0 bridgehead atoms. The summed E-state index contributed by atoms with van der Waals surface area (Å²) < 4.78 is 13.1. The van der Waals surface area contributed by atoms with E-state index in [2.05, 4.69) is 0 Å². The van der Waals surface area contributed by atoms with Crippen LogP contribution >= 0.6 is 11.8 Å². The van der Waals surface area contributed by atoms with Gasteiger partial charge in [-0.2, -0.15) is 0 Å². The zero-order valence-corrected chi connectivity index (χ0v) is 14.9. The first-order valence-electron chi connectivity index (χ1n) is 7.83. The molecule has 0 aromatic heterocycles. The van der Waals surface area contributed by atoms with Gasteiger partial charge in [-0.25, -0.2) is 4.39 Å². The number of nitrogens with zero attached hydrogens (tertiary/aromatic N) is 1. The molecule has 0 radical (unpaired) electrons. The van der Waals surface area contributed by atoms with Crippen LogP contribution in [0.25, 0.3) is 0 Å². The molecule has 1 N–H and O–H groups in total. The molecule has 0 heterocycles. The van der Waals surface area contributed by atoms with E-state index in [1.165, 1.54) is 28.8 Å². The van der Waals surface area contributed by atoms with Crippen molar-refractivity contribution in [2.75, 3.05) is 13.6 Å². The molecule has 4 nitrogen and oxygen atoms in total. The van der Waals surface area contributed by atoms with Gasteiger partial charge < -0.3 is 10.0 Å². The summed E-state index contributed by atoms with van der Waals surface area (Å²) in [5.74, 6) is -2.11. The summed E-state index contributed by atoms with van der Waals surface area (Å²) in [7, 11) is 1.60. The maximum atomic E-state index is 13.1. The largest absolute Gasteiger partial charge is 0.481 e. The number of carbonyl (C=O) groups excluding carboxylic acids is 1. The van der Waals surface area contributed by atoms with Crippen LogP contribution in [0, 0.1) is 11.7 Å². The van der Waals surface area contributed by atoms with Gasteiger partial charge in [0.25, 0.3) is 0 Å². The lowest BCUT2D eigenvalue weighted by Gasteiger charge is -2.25. The Labute approximate surface area is 150 Å². The smallest absolute Gasteiger partial charge is 0.308 e. The van der Waals surface area contributed by atoms with Gasteiger partial charge in [-0.05, 0) is 29.8 Å². The van der Waals surface area contributed by atoms with Crippen LogP contribution in [0.4, 0.5) is 4.39 Å². The van der Waals surface area contributed by atoms with Crippen molar-refractivity contribution in [1.82, 2.24) is 4.90 Å². The second-order valence-corrected chi connectivity index (χ2v) is 7.00. The maximum Gasteiger partial charge on any atom is 0.308 e. The zero-order valence-electron chi connectivity index (χ0n) is 14.1. The lowest BCUT2D eigenvalue weighted by atomic mass is 10.1. The standard InChI is InChI=1S/C19H20FNO3S/c1-13(19(23)24)12-21(2)18(22)17(14-6-4-3-5-7-14)25-16-10-8-15(20)9-11-16/h3-11,13,17H,12H2,1-2H3,(H,23,24). The summed E-state index contributed by atoms with van der Waals surface area (Å²) in [6.45, 7) is 1.69. The fourth-order valence-corrected chi connectivity index (χ4v) is 3.46. The van der Waals surface area contributed by atoms with E-state index >= 15 is 0 Å². The van der Waals surface area contributed by atoms with Crippen molar-refractivity contribution in [2.45, 2.75) is 17.1 Å². The van der Waals surface area contributed by atoms with E-state index in [9.17, 15) is 14.0 Å². The minimum absolute atomic E-state index is 0.126. The van der Waals surface area contributed by atoms with E-state index < -0.39 is 17.1 Å². The van der Waals surface area contributed by atoms with Crippen LogP contribution in [-0.2, 0) is 9.59 Å². The fraction of sp³-hybridized carbons (Fsp3) is 0.263. The Hall–Kier alpha value is -2.34. The second-order valence-electron chi connectivity index (χ2n) is 5.82. The summed E-state index contributed by atoms with van der Waals surface area (Å²) >= 11 is 1.32. The van der Waals surface area contributed by atoms with Gasteiger partial charge in [-0.3, -0.25) is 9.59 Å². The summed E-state index contributed by atoms with van der Waals surface area (Å²) in [6, 6.07) is 15.2. The van der Waals surface area contributed by atoms with E-state index in [-0.39, 0.29) is 18.3 Å². The highest BCUT2D eigenvalue weighted by Gasteiger charge is 2.27. The third-order valence-electron chi connectivity index (χ3n) is 3.74. The van der Waals surface area contributed by atoms with E-state index in [0.717, 1.165) is 10.5 Å². The highest BCUT2D eigenvalue weighted by molar-refractivity contribution is 8.00. The molecular weight excluding hydrogens is 341 g/mol. The first-order valence-corrected chi connectivity index (χ1v) is 8.71. The zero-order chi connectivity index (χ0) is 18.4. The maximum absolute atomic E-state index is 13.1. The Morgan fingerprint density at radius 1 is 1.12 bits per heavy atom. The molecule has 2 aromatic carbocycles. The molecule has 0 aliphatic rings. The number of hydrogen-bond donors (Lipinski definition) is 1. The predicted octanol–water partition coefficient (Wildman–Crippen LogP) is 3.84. The van der Waals surface area contributed by atoms with Gasteiger partial charge in [0.1, 0.15) is 11.1 Å². The van der Waals surface area contributed by atoms with Gasteiger partial charge in [0, 0.05) is 18.5 Å². The summed E-state index contributed by atoms with van der Waals surface area (Å²) in [5.41, 5.74) is 0.816. The number of halogens is 1. The third-order valence-corrected chi connectivity index (χ3v) is 4.99. The second kappa shape index (κ2) is 8.67. The number of amides is 1. The van der Waals surface area contributed by atoms with Crippen molar-refractivity contribution >= 4 is 23.6 Å². The lowest BCUT2D eigenvalue weighted by Crippen LogP contribution is -2.36. The van der Waals surface area contributed by atoms with Crippen LogP contribution in [0.5, 0.6) is 0 Å². The van der Waals surface area contributed by atoms with Gasteiger partial charge in [0.05, 0.1) is 5.92 Å². The topological polar surface area (TPSA) is 57.6 Å². The molecule has 0 saturated heterocycles. The summed E-state index contributed by atoms with van der Waals surface area (Å²) in [6.07, 6.45) is 0. The number of carboxylic acids is 1. The number of aliphatic carboxylic acids is 1. The number of likely N-dealkylation sites (N-methyl/N-ethyl adjacent to an activating group) is 1. The van der Waals surface area contributed by atoms with E-state index in [4.69, 9.17) is 5.11 Å². The van der Waals surface area contributed by atoms with Crippen molar-refractivity contribution in [3.63, 3.8) is 0 Å². The molecule has 6 heteroatoms. The molecule has 2 atom stereocenters. The first kappa shape index (κ1) is 19.0. The molecule has 2 unspecified atom stereocenters. The molecule has 25 heavy (non-hydrogen) atoms. The molecular formula is C19H20FNO3S. The van der Waals surface area contributed by atoms with Crippen LogP contribution in [-0.4, -0.2) is 35.5 Å². The predicted molar refractivity (Wildman–Crippen MR) is 95.9 cm³/mol. The van der Waals surface area contributed by atoms with Crippen molar-refractivity contribution in [3.8, 4) is 0 Å². The molecule has 0 aliphatic heterocycles. The quantitative estimate of drug-likeness (QED) is 0.762. The van der Waals surface area contributed by atoms with Crippen LogP contribution in [0.3, 0.4) is 0 Å². The van der Waals surface area contributed by atoms with Gasteiger partial charge >= 0.3 is 5.97 Å². The van der Waals surface area contributed by atoms with E-state index in [0.29, 0.717) is 0 Å². The highest BCUT2D eigenvalue weighted by Crippen LogP contribution is 2.36. The van der Waals surface area contributed by atoms with Crippen molar-refractivity contribution < 1.29 is 19.1 Å². The normalized spacial score (nSPS) is 13.1. The first-order chi connectivity index (χ1) is 11.9. The van der Waals surface area contributed by atoms with Gasteiger partial charge in [0.2, 0.25) is 5.91 Å². The van der Waals surface area contributed by atoms with Crippen molar-refractivity contribution in [3.05, 3.63) is 66.0 Å². The molecule has 1 amide bonds. The lowest BCUT2D eigenvalue weighted by molar-refractivity contribution is -0.142. The SMILES string of the molecule is CC(CN(C)C(=O)C(Sc1ccc(F)cc1)c1ccccc1)C(=O)O. The molecule has 132 valence electrons. The number of thioether (sulfide) groups is 1. The minimum Gasteiger partial charge on any atom is -0.481 e. The molecule has 2 aromatic rings. The molecule has 0 saturated carbocycles. The Balaban J connectivity index is 2.23. The number of carboxylic acid groups (broad SMARTS) is 1. The number of rotatable bonds is 7. The van der Waals surface area contributed by atoms with Gasteiger partial charge in [-0.15, -0.1) is 11.8 Å². The van der Waals surface area contributed by atoms with E-state index in [1.807, 2.05) is 30.3 Å². The minimum atomic E-state index is -0.943. The number of hydrogen-bond acceptors (Lipinski definition) is 3. The highest BCUT2D eigenvalue weighted by atomic mass is 32.2. The van der Waals surface area contributed by atoms with Crippen molar-refractivity contribution in [2.24, 2.45) is 5.92 Å². The Morgan fingerprint density at radius 3 is 2.28 bits per heavy atom. The average molecular weight is 361 g/mol. The van der Waals surface area contributed by atoms with Gasteiger partial charge in [-0.1, -0.05) is 37.3 Å². The molecule has 0 aliphatic carbocycles. The summed E-state index contributed by atoms with van der Waals surface area (Å²) in [4.78, 5) is 26.2.